The molecule has 13 heavy (non-hydrogen) atoms. The Labute approximate surface area is 92.9 Å². The third kappa shape index (κ3) is 2.24. The molecule has 0 spiro atoms. The van der Waals surface area contributed by atoms with Gasteiger partial charge in [-0.25, -0.2) is 0 Å². The van der Waals surface area contributed by atoms with Gasteiger partial charge in [-0.05, 0) is 28.7 Å². The number of benzene rings is 1. The van der Waals surface area contributed by atoms with Crippen molar-refractivity contribution in [3.05, 3.63) is 45.9 Å². The number of halogens is 1. The first-order valence-electron chi connectivity index (χ1n) is 3.99. The molecule has 0 saturated heterocycles. The van der Waals surface area contributed by atoms with Crippen LogP contribution in [0.15, 0.2) is 30.9 Å². The van der Waals surface area contributed by atoms with Crippen molar-refractivity contribution in [3.63, 3.8) is 0 Å². The predicted molar refractivity (Wildman–Crippen MR) is 63.9 cm³/mol. The quantitative estimate of drug-likeness (QED) is 0.774. The van der Waals surface area contributed by atoms with Crippen molar-refractivity contribution in [2.45, 2.75) is 6.92 Å². The molecule has 0 aliphatic carbocycles. The van der Waals surface area contributed by atoms with Gasteiger partial charge in [0.25, 0.3) is 0 Å². The van der Waals surface area contributed by atoms with Crippen LogP contribution in [-0.2, 0) is 0 Å². The van der Waals surface area contributed by atoms with Crippen molar-refractivity contribution >= 4 is 22.6 Å². The second-order valence-electron chi connectivity index (χ2n) is 2.71. The van der Waals surface area contributed by atoms with Crippen LogP contribution in [0.4, 0.5) is 0 Å². The van der Waals surface area contributed by atoms with Crippen molar-refractivity contribution in [1.82, 2.24) is 0 Å². The molecule has 0 aliphatic heterocycles. The maximum atomic E-state index is 5.32. The van der Waals surface area contributed by atoms with Crippen LogP contribution in [-0.4, -0.2) is 7.11 Å². The Balaban J connectivity index is 3.19. The predicted octanol–water partition coefficient (Wildman–Crippen LogP) is 3.43. The van der Waals surface area contributed by atoms with Crippen molar-refractivity contribution in [2.75, 3.05) is 7.11 Å². The minimum Gasteiger partial charge on any atom is -0.495 e. The Kier molecular flexibility index (Phi) is 3.78. The summed E-state index contributed by atoms with van der Waals surface area (Å²) in [6.45, 7) is 5.78. The second kappa shape index (κ2) is 4.65. The number of para-hydroxylation sites is 1. The van der Waals surface area contributed by atoms with Gasteiger partial charge in [-0.15, -0.1) is 6.58 Å². The summed E-state index contributed by atoms with van der Waals surface area (Å²) in [5.74, 6) is 2.07. The first-order chi connectivity index (χ1) is 6.20. The molecule has 0 amide bonds. The Morgan fingerprint density at radius 3 is 2.77 bits per heavy atom. The molecule has 0 aromatic heterocycles. The Morgan fingerprint density at radius 2 is 2.23 bits per heavy atom. The maximum Gasteiger partial charge on any atom is 0.136 e. The van der Waals surface area contributed by atoms with Gasteiger partial charge < -0.3 is 4.74 Å². The lowest BCUT2D eigenvalue weighted by atomic mass is 10.0. The fourth-order valence-corrected chi connectivity index (χ4v) is 1.86. The number of hydrogen-bond acceptors (Lipinski definition) is 1. The van der Waals surface area contributed by atoms with Crippen LogP contribution in [0.5, 0.6) is 5.75 Å². The van der Waals surface area contributed by atoms with Crippen LogP contribution < -0.4 is 4.74 Å². The summed E-state index contributed by atoms with van der Waals surface area (Å²) >= 11 is 2.26. The molecule has 0 heterocycles. The summed E-state index contributed by atoms with van der Waals surface area (Å²) in [6.07, 6.45) is 1.84. The Bertz CT molecular complexity index is 307. The maximum absolute atomic E-state index is 5.32. The number of allylic oxidation sites excluding steroid dienone is 1. The largest absolute Gasteiger partial charge is 0.495 e. The van der Waals surface area contributed by atoms with Gasteiger partial charge in [0, 0.05) is 11.5 Å². The molecule has 0 aliphatic rings. The number of methoxy groups -OCH3 is 1. The fourth-order valence-electron chi connectivity index (χ4n) is 1.14. The molecule has 1 rings (SSSR count). The first-order valence-corrected chi connectivity index (χ1v) is 5.07. The van der Waals surface area contributed by atoms with Crippen LogP contribution in [0.25, 0.3) is 0 Å². The minimum atomic E-state index is 0.931. The lowest BCUT2D eigenvalue weighted by Gasteiger charge is -2.12. The molecule has 1 aromatic rings. The average Bonchev–Trinajstić information content (AvgIpc) is 2.16. The monoisotopic (exact) mass is 287 g/mol. The lowest BCUT2D eigenvalue weighted by molar-refractivity contribution is 0.408. The van der Waals surface area contributed by atoms with Gasteiger partial charge in [-0.2, -0.15) is 0 Å². The molecule has 0 saturated carbocycles. The summed E-state index contributed by atoms with van der Waals surface area (Å²) in [5, 5.41) is 0. The van der Waals surface area contributed by atoms with E-state index in [1.807, 2.05) is 31.2 Å². The number of ether oxygens (including phenoxy) is 1. The molecular formula is C11H12IO. The SMILES string of the molecule is C=C[C](C)c1cccc(I)c1OC. The van der Waals surface area contributed by atoms with Gasteiger partial charge in [-0.3, -0.25) is 0 Å². The lowest BCUT2D eigenvalue weighted by Crippen LogP contribution is -1.97. The minimum absolute atomic E-state index is 0.931. The van der Waals surface area contributed by atoms with Crippen molar-refractivity contribution in [2.24, 2.45) is 0 Å². The molecule has 0 atom stereocenters. The van der Waals surface area contributed by atoms with Gasteiger partial charge in [0.15, 0.2) is 0 Å². The molecule has 0 bridgehead atoms. The topological polar surface area (TPSA) is 9.23 Å². The van der Waals surface area contributed by atoms with Crippen LogP contribution in [0.3, 0.4) is 0 Å². The van der Waals surface area contributed by atoms with Crippen molar-refractivity contribution < 1.29 is 4.74 Å². The standard InChI is InChI=1S/C11H12IO/c1-4-8(2)9-6-5-7-10(12)11(9)13-3/h4-7H,1H2,2-3H3. The van der Waals surface area contributed by atoms with Crippen LogP contribution in [0, 0.1) is 9.49 Å². The first kappa shape index (κ1) is 10.6. The van der Waals surface area contributed by atoms with E-state index in [4.69, 9.17) is 4.74 Å². The van der Waals surface area contributed by atoms with E-state index in [9.17, 15) is 0 Å². The summed E-state index contributed by atoms with van der Waals surface area (Å²) in [7, 11) is 1.69. The van der Waals surface area contributed by atoms with Gasteiger partial charge in [-0.1, -0.05) is 25.1 Å². The number of hydrogen-bond donors (Lipinski definition) is 0. The van der Waals surface area contributed by atoms with Crippen LogP contribution in [0.2, 0.25) is 0 Å². The zero-order chi connectivity index (χ0) is 9.84. The van der Waals surface area contributed by atoms with E-state index >= 15 is 0 Å². The van der Waals surface area contributed by atoms with Gasteiger partial charge >= 0.3 is 0 Å². The van der Waals surface area contributed by atoms with Gasteiger partial charge in [0.1, 0.15) is 5.75 Å². The molecule has 0 unspecified atom stereocenters. The zero-order valence-electron chi connectivity index (χ0n) is 7.80. The smallest absolute Gasteiger partial charge is 0.136 e. The van der Waals surface area contributed by atoms with Gasteiger partial charge in [0.05, 0.1) is 10.7 Å². The van der Waals surface area contributed by atoms with E-state index in [-0.39, 0.29) is 0 Å². The number of rotatable bonds is 3. The molecule has 1 aromatic carbocycles. The van der Waals surface area contributed by atoms with E-state index in [0.717, 1.165) is 20.8 Å². The van der Waals surface area contributed by atoms with E-state index in [2.05, 4.69) is 29.2 Å². The molecular weight excluding hydrogens is 275 g/mol. The molecule has 1 radical (unpaired) electrons. The van der Waals surface area contributed by atoms with Crippen LogP contribution in [0.1, 0.15) is 12.5 Å². The fraction of sp³-hybridized carbons (Fsp3) is 0.182. The third-order valence-electron chi connectivity index (χ3n) is 1.90. The highest BCUT2D eigenvalue weighted by Crippen LogP contribution is 2.30. The summed E-state index contributed by atoms with van der Waals surface area (Å²) in [6, 6.07) is 6.09. The van der Waals surface area contributed by atoms with Gasteiger partial charge in [0.2, 0.25) is 0 Å². The Hall–Kier alpha value is -0.510. The van der Waals surface area contributed by atoms with Crippen LogP contribution >= 0.6 is 22.6 Å². The zero-order valence-corrected chi connectivity index (χ0v) is 9.96. The van der Waals surface area contributed by atoms with E-state index in [1.54, 1.807) is 7.11 Å². The highest BCUT2D eigenvalue weighted by Gasteiger charge is 2.10. The average molecular weight is 287 g/mol. The highest BCUT2D eigenvalue weighted by atomic mass is 127. The molecule has 0 fully saturated rings. The van der Waals surface area contributed by atoms with E-state index in [0.29, 0.717) is 0 Å². The molecule has 0 N–H and O–H groups in total. The van der Waals surface area contributed by atoms with E-state index < -0.39 is 0 Å². The summed E-state index contributed by atoms with van der Waals surface area (Å²) < 4.78 is 6.45. The van der Waals surface area contributed by atoms with Crippen molar-refractivity contribution in [1.29, 1.82) is 0 Å². The molecule has 2 heteroatoms. The second-order valence-corrected chi connectivity index (χ2v) is 3.87. The van der Waals surface area contributed by atoms with E-state index in [1.165, 1.54) is 0 Å². The summed E-state index contributed by atoms with van der Waals surface area (Å²) in [5.41, 5.74) is 1.12. The normalized spacial score (nSPS) is 10.2. The Morgan fingerprint density at radius 1 is 1.54 bits per heavy atom. The molecule has 69 valence electrons. The molecule has 1 nitrogen and oxygen atoms in total. The third-order valence-corrected chi connectivity index (χ3v) is 2.75. The highest BCUT2D eigenvalue weighted by molar-refractivity contribution is 14.1. The van der Waals surface area contributed by atoms with Crippen molar-refractivity contribution in [3.8, 4) is 5.75 Å². The summed E-state index contributed by atoms with van der Waals surface area (Å²) in [4.78, 5) is 0.